The number of sulfonamides is 1. The summed E-state index contributed by atoms with van der Waals surface area (Å²) in [4.78, 5) is 10.1. The predicted molar refractivity (Wildman–Crippen MR) is 47.3 cm³/mol. The van der Waals surface area contributed by atoms with Crippen molar-refractivity contribution in [2.45, 2.75) is 6.10 Å². The average Bonchev–Trinajstić information content (AvgIpc) is 2.11. The van der Waals surface area contributed by atoms with Gasteiger partial charge in [-0.3, -0.25) is 0 Å². The molecule has 84 valence electrons. The second-order valence-corrected chi connectivity index (χ2v) is 4.44. The van der Waals surface area contributed by atoms with Crippen molar-refractivity contribution in [2.75, 3.05) is 26.0 Å². The van der Waals surface area contributed by atoms with Gasteiger partial charge in [-0.1, -0.05) is 0 Å². The molecule has 0 unspecified atom stereocenters. The lowest BCUT2D eigenvalue weighted by molar-refractivity contribution is -0.146. The molecule has 3 N–H and O–H groups in total. The number of carbonyl (C=O) groups is 1. The van der Waals surface area contributed by atoms with E-state index in [-0.39, 0.29) is 12.4 Å². The summed E-state index contributed by atoms with van der Waals surface area (Å²) in [6.45, 7) is -0.528. The first-order valence-electron chi connectivity index (χ1n) is 3.76. The largest absolute Gasteiger partial charge is 0.479 e. The minimum absolute atomic E-state index is 0.0124. The fourth-order valence-electron chi connectivity index (χ4n) is 0.558. The average molecular weight is 227 g/mol. The highest BCUT2D eigenvalue weighted by atomic mass is 32.2. The van der Waals surface area contributed by atoms with Gasteiger partial charge in [0.05, 0.1) is 12.4 Å². The highest BCUT2D eigenvalue weighted by Gasteiger charge is 2.17. The van der Waals surface area contributed by atoms with Crippen molar-refractivity contribution in [3.8, 4) is 0 Å². The van der Waals surface area contributed by atoms with Crippen molar-refractivity contribution in [1.29, 1.82) is 0 Å². The molecule has 0 aromatic carbocycles. The van der Waals surface area contributed by atoms with Crippen molar-refractivity contribution in [3.05, 3.63) is 0 Å². The van der Waals surface area contributed by atoms with Gasteiger partial charge < -0.3 is 14.9 Å². The minimum atomic E-state index is -3.57. The predicted octanol–water partition coefficient (Wildman–Crippen LogP) is -2.00. The van der Waals surface area contributed by atoms with E-state index in [2.05, 4.69) is 4.74 Å². The van der Waals surface area contributed by atoms with Crippen molar-refractivity contribution in [2.24, 2.45) is 0 Å². The number of aliphatic hydroxyl groups is 1. The quantitative estimate of drug-likeness (QED) is 0.463. The molecule has 0 saturated heterocycles. The zero-order chi connectivity index (χ0) is 11.2. The molecule has 0 amide bonds. The van der Waals surface area contributed by atoms with Gasteiger partial charge in [-0.25, -0.2) is 17.9 Å². The summed E-state index contributed by atoms with van der Waals surface area (Å²) in [5, 5.41) is 17.0. The maximum absolute atomic E-state index is 11.0. The van der Waals surface area contributed by atoms with E-state index in [4.69, 9.17) is 10.2 Å². The van der Waals surface area contributed by atoms with E-state index >= 15 is 0 Å². The molecule has 0 bridgehead atoms. The summed E-state index contributed by atoms with van der Waals surface area (Å²) in [6.07, 6.45) is -1.73. The summed E-state index contributed by atoms with van der Waals surface area (Å²) >= 11 is 0. The summed E-state index contributed by atoms with van der Waals surface area (Å²) in [5.74, 6) is -1.74. The number of carboxylic acids is 1. The standard InChI is InChI=1S/C6H13NO6S/c1-13-2-3-14(11,12)7-4-5(8)6(9)10/h5,7-8H,2-4H2,1H3,(H,9,10)/t5-/m0/s1. The second kappa shape index (κ2) is 5.91. The number of aliphatic hydroxyl groups excluding tert-OH is 1. The van der Waals surface area contributed by atoms with E-state index in [1.54, 1.807) is 0 Å². The van der Waals surface area contributed by atoms with E-state index in [0.717, 1.165) is 0 Å². The zero-order valence-corrected chi connectivity index (χ0v) is 8.45. The third-order valence-electron chi connectivity index (χ3n) is 1.34. The second-order valence-electron chi connectivity index (χ2n) is 2.51. The number of aliphatic carboxylic acids is 1. The summed E-state index contributed by atoms with van der Waals surface area (Å²) < 4.78 is 28.5. The van der Waals surface area contributed by atoms with Gasteiger partial charge in [0.1, 0.15) is 0 Å². The van der Waals surface area contributed by atoms with Gasteiger partial charge in [0.15, 0.2) is 6.10 Å². The smallest absolute Gasteiger partial charge is 0.333 e. The van der Waals surface area contributed by atoms with Gasteiger partial charge in [0.2, 0.25) is 10.0 Å². The Labute approximate surface area is 81.7 Å². The Hall–Kier alpha value is -0.700. The van der Waals surface area contributed by atoms with Gasteiger partial charge >= 0.3 is 5.97 Å². The monoisotopic (exact) mass is 227 g/mol. The number of rotatable bonds is 7. The highest BCUT2D eigenvalue weighted by Crippen LogP contribution is 1.87. The molecule has 1 atom stereocenters. The number of ether oxygens (including phenoxy) is 1. The van der Waals surface area contributed by atoms with Crippen LogP contribution in [0.25, 0.3) is 0 Å². The highest BCUT2D eigenvalue weighted by molar-refractivity contribution is 7.89. The molecule has 0 saturated carbocycles. The van der Waals surface area contributed by atoms with Crippen LogP contribution < -0.4 is 4.72 Å². The first-order chi connectivity index (χ1) is 6.39. The molecule has 0 aromatic heterocycles. The Morgan fingerprint density at radius 1 is 1.57 bits per heavy atom. The van der Waals surface area contributed by atoms with E-state index < -0.39 is 28.6 Å². The van der Waals surface area contributed by atoms with Crippen LogP contribution in [0.1, 0.15) is 0 Å². The van der Waals surface area contributed by atoms with Crippen LogP contribution in [0, 0.1) is 0 Å². The maximum atomic E-state index is 11.0. The van der Waals surface area contributed by atoms with Crippen molar-refractivity contribution >= 4 is 16.0 Å². The Morgan fingerprint density at radius 2 is 2.14 bits per heavy atom. The van der Waals surface area contributed by atoms with Crippen molar-refractivity contribution in [3.63, 3.8) is 0 Å². The number of carboxylic acid groups (broad SMARTS) is 1. The van der Waals surface area contributed by atoms with Gasteiger partial charge in [-0.15, -0.1) is 0 Å². The van der Waals surface area contributed by atoms with Crippen LogP contribution in [-0.2, 0) is 19.6 Å². The molecule has 0 aliphatic heterocycles. The fourth-order valence-corrected chi connectivity index (χ4v) is 1.50. The molecule has 0 aliphatic rings. The third-order valence-corrected chi connectivity index (χ3v) is 2.65. The topological polar surface area (TPSA) is 113 Å². The van der Waals surface area contributed by atoms with Crippen LogP contribution in [0.2, 0.25) is 0 Å². The summed E-state index contributed by atoms with van der Waals surface area (Å²) in [6, 6.07) is 0. The molecular formula is C6H13NO6S. The first kappa shape index (κ1) is 13.3. The van der Waals surface area contributed by atoms with E-state index in [9.17, 15) is 13.2 Å². The minimum Gasteiger partial charge on any atom is -0.479 e. The normalized spacial score (nSPS) is 13.9. The Bertz CT molecular complexity index is 274. The molecule has 0 spiro atoms. The Kier molecular flexibility index (Phi) is 5.62. The molecule has 14 heavy (non-hydrogen) atoms. The molecule has 7 nitrogen and oxygen atoms in total. The molecule has 8 heteroatoms. The van der Waals surface area contributed by atoms with Gasteiger partial charge in [-0.05, 0) is 0 Å². The van der Waals surface area contributed by atoms with Crippen LogP contribution in [0.5, 0.6) is 0 Å². The molecule has 0 rings (SSSR count). The van der Waals surface area contributed by atoms with Crippen LogP contribution in [0.3, 0.4) is 0 Å². The number of hydrogen-bond donors (Lipinski definition) is 3. The number of hydrogen-bond acceptors (Lipinski definition) is 5. The molecule has 0 fully saturated rings. The van der Waals surface area contributed by atoms with E-state index in [0.29, 0.717) is 0 Å². The summed E-state index contributed by atoms with van der Waals surface area (Å²) in [5.41, 5.74) is 0. The van der Waals surface area contributed by atoms with E-state index in [1.165, 1.54) is 7.11 Å². The Morgan fingerprint density at radius 3 is 2.57 bits per heavy atom. The Balaban J connectivity index is 3.93. The lowest BCUT2D eigenvalue weighted by atomic mass is 10.4. The third kappa shape index (κ3) is 5.86. The fraction of sp³-hybridized carbons (Fsp3) is 0.833. The molecule has 0 heterocycles. The molecule has 0 radical (unpaired) electrons. The van der Waals surface area contributed by atoms with Crippen molar-refractivity contribution < 1.29 is 28.2 Å². The van der Waals surface area contributed by atoms with Gasteiger partial charge in [0, 0.05) is 13.7 Å². The van der Waals surface area contributed by atoms with Crippen LogP contribution >= 0.6 is 0 Å². The molecular weight excluding hydrogens is 214 g/mol. The van der Waals surface area contributed by atoms with E-state index in [1.807, 2.05) is 4.72 Å². The van der Waals surface area contributed by atoms with Crippen LogP contribution in [0.15, 0.2) is 0 Å². The lowest BCUT2D eigenvalue weighted by Crippen LogP contribution is -2.38. The lowest BCUT2D eigenvalue weighted by Gasteiger charge is -2.07. The summed E-state index contributed by atoms with van der Waals surface area (Å²) in [7, 11) is -2.22. The number of methoxy groups -OCH3 is 1. The maximum Gasteiger partial charge on any atom is 0.333 e. The zero-order valence-electron chi connectivity index (χ0n) is 7.63. The van der Waals surface area contributed by atoms with Crippen LogP contribution in [-0.4, -0.2) is 56.7 Å². The SMILES string of the molecule is COCCS(=O)(=O)NC[C@H](O)C(=O)O. The first-order valence-corrected chi connectivity index (χ1v) is 5.41. The van der Waals surface area contributed by atoms with Crippen LogP contribution in [0.4, 0.5) is 0 Å². The number of nitrogens with one attached hydrogen (secondary N) is 1. The van der Waals surface area contributed by atoms with Crippen molar-refractivity contribution in [1.82, 2.24) is 4.72 Å². The molecule has 0 aliphatic carbocycles. The molecule has 0 aromatic rings. The van der Waals surface area contributed by atoms with Gasteiger partial charge in [-0.2, -0.15) is 0 Å². The van der Waals surface area contributed by atoms with Gasteiger partial charge in [0.25, 0.3) is 0 Å².